The normalized spacial score (nSPS) is 25.3. The lowest BCUT2D eigenvalue weighted by Crippen LogP contribution is -2.46. The van der Waals surface area contributed by atoms with E-state index in [1.54, 1.807) is 0 Å². The van der Waals surface area contributed by atoms with Gasteiger partial charge in [-0.1, -0.05) is 54.6 Å². The van der Waals surface area contributed by atoms with Crippen LogP contribution in [0.1, 0.15) is 61.8 Å². The van der Waals surface area contributed by atoms with Crippen LogP contribution < -0.4 is 5.32 Å². The summed E-state index contributed by atoms with van der Waals surface area (Å²) in [6, 6.07) is 17.1. The first-order valence-electron chi connectivity index (χ1n) is 13.8. The summed E-state index contributed by atoms with van der Waals surface area (Å²) < 4.78 is 6.73. The van der Waals surface area contributed by atoms with Crippen molar-refractivity contribution in [1.82, 2.24) is 9.55 Å². The van der Waals surface area contributed by atoms with Crippen molar-refractivity contribution in [1.29, 1.82) is 0 Å². The Bertz CT molecular complexity index is 1310. The molecule has 0 aliphatic heterocycles. The molecule has 4 saturated carbocycles. The molecule has 7 heteroatoms. The molecule has 0 atom stereocenters. The molecule has 4 fully saturated rings. The van der Waals surface area contributed by atoms with E-state index >= 15 is 0 Å². The zero-order valence-electron chi connectivity index (χ0n) is 21.9. The van der Waals surface area contributed by atoms with Gasteiger partial charge in [0.05, 0.1) is 5.69 Å². The average Bonchev–Trinajstić information content (AvgIpc) is 3.24. The fraction of sp³-hybridized carbons (Fsp3) is 0.452. The van der Waals surface area contributed by atoms with Crippen LogP contribution >= 0.6 is 0 Å². The number of anilines is 1. The molecule has 3 aromatic rings. The van der Waals surface area contributed by atoms with Crippen molar-refractivity contribution in [3.05, 3.63) is 71.4 Å². The molecular weight excluding hydrogens is 478 g/mol. The monoisotopic (exact) mass is 513 g/mol. The molecular formula is C31H35N3O4. The highest BCUT2D eigenvalue weighted by Crippen LogP contribution is 2.61. The molecule has 1 amide bonds. The molecule has 2 aromatic carbocycles. The lowest BCUT2D eigenvalue weighted by atomic mass is 9.48. The van der Waals surface area contributed by atoms with E-state index in [2.05, 4.69) is 5.32 Å². The van der Waals surface area contributed by atoms with Crippen molar-refractivity contribution >= 4 is 18.0 Å². The molecule has 4 aliphatic carbocycles. The maximum atomic E-state index is 12.8. The second-order valence-electron chi connectivity index (χ2n) is 11.8. The SMILES string of the molecule is Cc1ccccc1-c1nc(NC(=O)OCc2ccccc2)c(CCC23CC4CC(CC(C4)C2)C3)n1C(=O)O. The zero-order chi connectivity index (χ0) is 26.3. The smallest absolute Gasteiger partial charge is 0.417 e. The number of nitrogens with zero attached hydrogens (tertiary/aromatic N) is 2. The Balaban J connectivity index is 1.30. The van der Waals surface area contributed by atoms with E-state index in [-0.39, 0.29) is 17.8 Å². The molecule has 0 unspecified atom stereocenters. The van der Waals surface area contributed by atoms with Gasteiger partial charge in [-0.2, -0.15) is 0 Å². The number of benzene rings is 2. The fourth-order valence-electron chi connectivity index (χ4n) is 7.83. The van der Waals surface area contributed by atoms with Crippen molar-refractivity contribution in [2.75, 3.05) is 5.32 Å². The topological polar surface area (TPSA) is 93.5 Å². The summed E-state index contributed by atoms with van der Waals surface area (Å²) in [5.74, 6) is 3.05. The van der Waals surface area contributed by atoms with Crippen molar-refractivity contribution < 1.29 is 19.4 Å². The average molecular weight is 514 g/mol. The summed E-state index contributed by atoms with van der Waals surface area (Å²) in [5, 5.41) is 13.1. The van der Waals surface area contributed by atoms with Gasteiger partial charge in [0.15, 0.2) is 11.6 Å². The summed E-state index contributed by atoms with van der Waals surface area (Å²) in [6.07, 6.45) is 7.55. The third-order valence-corrected chi connectivity index (χ3v) is 9.04. The largest absolute Gasteiger partial charge is 0.464 e. The number of amides is 1. The van der Waals surface area contributed by atoms with Gasteiger partial charge in [0.1, 0.15) is 6.61 Å². The van der Waals surface area contributed by atoms with Crippen LogP contribution in [0.3, 0.4) is 0 Å². The number of hydrogen-bond acceptors (Lipinski definition) is 4. The molecule has 1 heterocycles. The zero-order valence-corrected chi connectivity index (χ0v) is 21.9. The van der Waals surface area contributed by atoms with Gasteiger partial charge in [0.25, 0.3) is 0 Å². The van der Waals surface area contributed by atoms with E-state index in [4.69, 9.17) is 9.72 Å². The molecule has 4 bridgehead atoms. The molecule has 0 saturated heterocycles. The van der Waals surface area contributed by atoms with E-state index in [1.165, 1.54) is 43.1 Å². The van der Waals surface area contributed by atoms with Gasteiger partial charge in [0.2, 0.25) is 0 Å². The first-order chi connectivity index (χ1) is 18.4. The number of ether oxygens (including phenoxy) is 1. The van der Waals surface area contributed by atoms with Crippen LogP contribution in [0.5, 0.6) is 0 Å². The van der Waals surface area contributed by atoms with Gasteiger partial charge in [0, 0.05) is 5.56 Å². The number of hydrogen-bond donors (Lipinski definition) is 2. The fourth-order valence-corrected chi connectivity index (χ4v) is 7.83. The Morgan fingerprint density at radius 3 is 2.26 bits per heavy atom. The number of carboxylic acid groups (broad SMARTS) is 1. The summed E-state index contributed by atoms with van der Waals surface area (Å²) >= 11 is 0. The molecule has 2 N–H and O–H groups in total. The number of aromatic nitrogens is 2. The third-order valence-electron chi connectivity index (χ3n) is 9.04. The van der Waals surface area contributed by atoms with Crippen molar-refractivity contribution in [3.8, 4) is 11.4 Å². The Morgan fingerprint density at radius 2 is 1.63 bits per heavy atom. The van der Waals surface area contributed by atoms with Gasteiger partial charge in [-0.3, -0.25) is 5.32 Å². The van der Waals surface area contributed by atoms with Crippen molar-refractivity contribution in [2.45, 2.75) is 64.9 Å². The molecule has 4 aliphatic rings. The van der Waals surface area contributed by atoms with Gasteiger partial charge in [-0.05, 0) is 92.6 Å². The number of carbonyl (C=O) groups excluding carboxylic acids is 1. The van der Waals surface area contributed by atoms with Gasteiger partial charge >= 0.3 is 12.2 Å². The van der Waals surface area contributed by atoms with Crippen LogP contribution in [-0.4, -0.2) is 26.8 Å². The van der Waals surface area contributed by atoms with E-state index in [0.29, 0.717) is 17.9 Å². The van der Waals surface area contributed by atoms with Crippen LogP contribution in [0.4, 0.5) is 15.4 Å². The minimum atomic E-state index is -1.10. The number of nitrogens with one attached hydrogen (secondary N) is 1. The standard InChI is InChI=1S/C31H35N3O4/c1-20-7-5-6-10-25(20)28-32-27(33-29(35)38-19-21-8-3-2-4-9-21)26(34(28)30(36)37)11-12-31-16-22-13-23(17-31)15-24(14-22)18-31/h2-10,22-24H,11-19H2,1H3,(H,33,35)(H,36,37). The highest BCUT2D eigenvalue weighted by atomic mass is 16.5. The summed E-state index contributed by atoms with van der Waals surface area (Å²) in [7, 11) is 0. The van der Waals surface area contributed by atoms with Crippen LogP contribution in [0.25, 0.3) is 11.4 Å². The van der Waals surface area contributed by atoms with Crippen LogP contribution in [0.2, 0.25) is 0 Å². The Kier molecular flexibility index (Phi) is 6.46. The Labute approximate surface area is 223 Å². The van der Waals surface area contributed by atoms with E-state index < -0.39 is 12.2 Å². The molecule has 38 heavy (non-hydrogen) atoms. The Hall–Kier alpha value is -3.61. The Morgan fingerprint density at radius 1 is 1.00 bits per heavy atom. The summed E-state index contributed by atoms with van der Waals surface area (Å²) in [4.78, 5) is 30.2. The second kappa shape index (κ2) is 9.93. The van der Waals surface area contributed by atoms with E-state index in [0.717, 1.165) is 40.9 Å². The van der Waals surface area contributed by atoms with Gasteiger partial charge < -0.3 is 9.84 Å². The lowest BCUT2D eigenvalue weighted by molar-refractivity contribution is -0.0571. The molecule has 7 nitrogen and oxygen atoms in total. The number of aryl methyl sites for hydroxylation is 1. The van der Waals surface area contributed by atoms with E-state index in [1.807, 2.05) is 61.5 Å². The first-order valence-corrected chi connectivity index (χ1v) is 13.8. The second-order valence-corrected chi connectivity index (χ2v) is 11.8. The van der Waals surface area contributed by atoms with Crippen molar-refractivity contribution in [2.24, 2.45) is 23.2 Å². The number of carbonyl (C=O) groups is 2. The van der Waals surface area contributed by atoms with Crippen LogP contribution in [0.15, 0.2) is 54.6 Å². The van der Waals surface area contributed by atoms with Crippen LogP contribution in [-0.2, 0) is 17.8 Å². The third kappa shape index (κ3) is 4.82. The quantitative estimate of drug-likeness (QED) is 0.346. The summed E-state index contributed by atoms with van der Waals surface area (Å²) in [6.45, 7) is 2.06. The maximum Gasteiger partial charge on any atom is 0.417 e. The van der Waals surface area contributed by atoms with Gasteiger partial charge in [-0.15, -0.1) is 0 Å². The summed E-state index contributed by atoms with van der Waals surface area (Å²) in [5.41, 5.74) is 3.34. The molecule has 198 valence electrons. The molecule has 7 rings (SSSR count). The molecule has 0 spiro atoms. The van der Waals surface area contributed by atoms with Gasteiger partial charge in [-0.25, -0.2) is 19.1 Å². The highest BCUT2D eigenvalue weighted by Gasteiger charge is 2.50. The number of imidazole rings is 1. The first kappa shape index (κ1) is 24.7. The maximum absolute atomic E-state index is 12.8. The lowest BCUT2D eigenvalue weighted by Gasteiger charge is -2.57. The predicted octanol–water partition coefficient (Wildman–Crippen LogP) is 7.28. The van der Waals surface area contributed by atoms with E-state index in [9.17, 15) is 14.7 Å². The minimum absolute atomic E-state index is 0.125. The molecule has 0 radical (unpaired) electrons. The van der Waals surface area contributed by atoms with Crippen molar-refractivity contribution in [3.63, 3.8) is 0 Å². The minimum Gasteiger partial charge on any atom is -0.464 e. The predicted molar refractivity (Wildman–Crippen MR) is 145 cm³/mol. The molecule has 1 aromatic heterocycles. The van der Waals surface area contributed by atoms with Crippen LogP contribution in [0, 0.1) is 30.1 Å². The highest BCUT2D eigenvalue weighted by molar-refractivity contribution is 5.87. The number of rotatable bonds is 7.